The van der Waals surface area contributed by atoms with Gasteiger partial charge < -0.3 is 4.42 Å². The first kappa shape index (κ1) is 9.75. The molecule has 0 aliphatic rings. The minimum absolute atomic E-state index is 0.0185. The molecule has 2 rings (SSSR count). The molecule has 2 heterocycles. The van der Waals surface area contributed by atoms with Crippen LogP contribution in [-0.4, -0.2) is 15.2 Å². The number of alkyl halides is 3. The Kier molecular flexibility index (Phi) is 2.22. The number of hydrogen-bond acceptors (Lipinski definition) is 3. The summed E-state index contributed by atoms with van der Waals surface area (Å²) in [5, 5.41) is 5.27. The van der Waals surface area contributed by atoms with Gasteiger partial charge in [0.1, 0.15) is 12.0 Å². The van der Waals surface area contributed by atoms with Gasteiger partial charge in [-0.1, -0.05) is 0 Å². The minimum atomic E-state index is -4.43. The zero-order chi connectivity index (χ0) is 10.9. The maximum Gasteiger partial charge on any atom is 0.433 e. The molecule has 15 heavy (non-hydrogen) atoms. The van der Waals surface area contributed by atoms with Gasteiger partial charge in [0.05, 0.1) is 18.8 Å². The summed E-state index contributed by atoms with van der Waals surface area (Å²) in [4.78, 5) is 3.74. The molecule has 2 aromatic heterocycles. The van der Waals surface area contributed by atoms with E-state index in [4.69, 9.17) is 4.42 Å². The van der Waals surface area contributed by atoms with Gasteiger partial charge in [-0.15, -0.1) is 0 Å². The molecule has 0 saturated heterocycles. The fourth-order valence-corrected chi connectivity index (χ4v) is 1.19. The number of rotatable bonds is 2. The van der Waals surface area contributed by atoms with E-state index in [1.54, 1.807) is 0 Å². The van der Waals surface area contributed by atoms with E-state index in [9.17, 15) is 13.2 Å². The van der Waals surface area contributed by atoms with E-state index >= 15 is 0 Å². The highest BCUT2D eigenvalue weighted by Crippen LogP contribution is 2.30. The second-order valence-electron chi connectivity index (χ2n) is 2.87. The second kappa shape index (κ2) is 3.41. The van der Waals surface area contributed by atoms with Crippen molar-refractivity contribution in [3.63, 3.8) is 0 Å². The standard InChI is InChI=1S/C8H6F3N3O/c9-8(10,11)7-5(4-13-14-7)3-6-12-1-2-15-6/h1-2,4H,3H2,(H,13,14). The lowest BCUT2D eigenvalue weighted by Crippen LogP contribution is -2.09. The molecule has 0 bridgehead atoms. The average molecular weight is 217 g/mol. The van der Waals surface area contributed by atoms with E-state index in [0.717, 1.165) is 6.20 Å². The summed E-state index contributed by atoms with van der Waals surface area (Å²) in [5.41, 5.74) is -0.842. The molecular formula is C8H6F3N3O. The zero-order valence-corrected chi connectivity index (χ0v) is 7.38. The summed E-state index contributed by atoms with van der Waals surface area (Å²) >= 11 is 0. The Morgan fingerprint density at radius 1 is 1.40 bits per heavy atom. The molecule has 0 aliphatic heterocycles. The lowest BCUT2D eigenvalue weighted by atomic mass is 10.2. The maximum atomic E-state index is 12.4. The largest absolute Gasteiger partial charge is 0.449 e. The third-order valence-corrected chi connectivity index (χ3v) is 1.83. The second-order valence-corrected chi connectivity index (χ2v) is 2.87. The van der Waals surface area contributed by atoms with Gasteiger partial charge >= 0.3 is 6.18 Å². The van der Waals surface area contributed by atoms with Crippen molar-refractivity contribution in [2.75, 3.05) is 0 Å². The summed E-state index contributed by atoms with van der Waals surface area (Å²) in [6.45, 7) is 0. The number of aromatic amines is 1. The van der Waals surface area contributed by atoms with Gasteiger partial charge in [0.2, 0.25) is 0 Å². The molecule has 0 atom stereocenters. The number of H-pyrrole nitrogens is 1. The molecular weight excluding hydrogens is 211 g/mol. The van der Waals surface area contributed by atoms with Gasteiger partial charge in [-0.25, -0.2) is 4.98 Å². The Hall–Kier alpha value is -1.79. The van der Waals surface area contributed by atoms with Crippen molar-refractivity contribution >= 4 is 0 Å². The molecule has 0 aromatic carbocycles. The normalized spacial score (nSPS) is 11.9. The maximum absolute atomic E-state index is 12.4. The Bertz CT molecular complexity index is 432. The predicted molar refractivity (Wildman–Crippen MR) is 42.9 cm³/mol. The Balaban J connectivity index is 2.26. The van der Waals surface area contributed by atoms with E-state index in [1.807, 2.05) is 5.10 Å². The minimum Gasteiger partial charge on any atom is -0.449 e. The number of nitrogens with one attached hydrogen (secondary N) is 1. The highest BCUT2D eigenvalue weighted by molar-refractivity contribution is 5.22. The van der Waals surface area contributed by atoms with Crippen molar-refractivity contribution in [2.24, 2.45) is 0 Å². The number of nitrogens with zero attached hydrogens (tertiary/aromatic N) is 2. The molecule has 2 aromatic rings. The van der Waals surface area contributed by atoms with E-state index in [0.29, 0.717) is 0 Å². The fourth-order valence-electron chi connectivity index (χ4n) is 1.19. The van der Waals surface area contributed by atoms with E-state index in [1.165, 1.54) is 12.5 Å². The highest BCUT2D eigenvalue weighted by atomic mass is 19.4. The molecule has 0 fully saturated rings. The predicted octanol–water partition coefficient (Wildman–Crippen LogP) is 2.01. The van der Waals surface area contributed by atoms with Crippen LogP contribution in [0.3, 0.4) is 0 Å². The molecule has 1 N–H and O–H groups in total. The van der Waals surface area contributed by atoms with Crippen LogP contribution in [0.1, 0.15) is 17.1 Å². The van der Waals surface area contributed by atoms with Crippen molar-refractivity contribution in [1.29, 1.82) is 0 Å². The first-order valence-corrected chi connectivity index (χ1v) is 4.05. The number of aromatic nitrogens is 3. The van der Waals surface area contributed by atoms with Crippen molar-refractivity contribution < 1.29 is 17.6 Å². The lowest BCUT2D eigenvalue weighted by molar-refractivity contribution is -0.141. The average Bonchev–Trinajstić information content (AvgIpc) is 2.73. The third kappa shape index (κ3) is 2.00. The molecule has 0 saturated carbocycles. The number of hydrogen-bond donors (Lipinski definition) is 1. The van der Waals surface area contributed by atoms with Gasteiger partial charge in [0, 0.05) is 5.56 Å². The van der Waals surface area contributed by atoms with Crippen LogP contribution >= 0.6 is 0 Å². The summed E-state index contributed by atoms with van der Waals surface area (Å²) < 4.78 is 42.0. The SMILES string of the molecule is FC(F)(F)c1[nH]ncc1Cc1ncco1. The zero-order valence-electron chi connectivity index (χ0n) is 7.38. The Morgan fingerprint density at radius 2 is 2.20 bits per heavy atom. The molecule has 80 valence electrons. The highest BCUT2D eigenvalue weighted by Gasteiger charge is 2.35. The first-order chi connectivity index (χ1) is 7.07. The van der Waals surface area contributed by atoms with Crippen LogP contribution in [0.25, 0.3) is 0 Å². The van der Waals surface area contributed by atoms with Gasteiger partial charge in [-0.05, 0) is 0 Å². The van der Waals surface area contributed by atoms with Crippen LogP contribution < -0.4 is 0 Å². The van der Waals surface area contributed by atoms with Crippen molar-refractivity contribution in [3.8, 4) is 0 Å². The first-order valence-electron chi connectivity index (χ1n) is 4.05. The number of oxazole rings is 1. The Labute approximate surface area is 82.1 Å². The summed E-state index contributed by atoms with van der Waals surface area (Å²) in [5.74, 6) is 0.224. The van der Waals surface area contributed by atoms with Gasteiger partial charge in [0.15, 0.2) is 5.89 Å². The van der Waals surface area contributed by atoms with Crippen molar-refractivity contribution in [3.05, 3.63) is 35.8 Å². The third-order valence-electron chi connectivity index (χ3n) is 1.83. The summed E-state index contributed by atoms with van der Waals surface area (Å²) in [6.07, 6.45) is -0.658. The van der Waals surface area contributed by atoms with Crippen molar-refractivity contribution in [2.45, 2.75) is 12.6 Å². The van der Waals surface area contributed by atoms with Crippen LogP contribution in [0.2, 0.25) is 0 Å². The monoisotopic (exact) mass is 217 g/mol. The van der Waals surface area contributed by atoms with Gasteiger partial charge in [-0.2, -0.15) is 18.3 Å². The summed E-state index contributed by atoms with van der Waals surface area (Å²) in [7, 11) is 0. The topological polar surface area (TPSA) is 54.7 Å². The Morgan fingerprint density at radius 3 is 2.80 bits per heavy atom. The van der Waals surface area contributed by atoms with Crippen LogP contribution in [0.4, 0.5) is 13.2 Å². The van der Waals surface area contributed by atoms with E-state index < -0.39 is 11.9 Å². The quantitative estimate of drug-likeness (QED) is 0.837. The van der Waals surface area contributed by atoms with Gasteiger partial charge in [-0.3, -0.25) is 5.10 Å². The van der Waals surface area contributed by atoms with Crippen LogP contribution in [0.15, 0.2) is 23.1 Å². The van der Waals surface area contributed by atoms with E-state index in [-0.39, 0.29) is 17.9 Å². The smallest absolute Gasteiger partial charge is 0.433 e. The van der Waals surface area contributed by atoms with Crippen LogP contribution in [0, 0.1) is 0 Å². The number of halogens is 3. The molecule has 0 aliphatic carbocycles. The molecule has 0 amide bonds. The van der Waals surface area contributed by atoms with Crippen molar-refractivity contribution in [1.82, 2.24) is 15.2 Å². The van der Waals surface area contributed by atoms with E-state index in [2.05, 4.69) is 10.1 Å². The molecule has 0 spiro atoms. The van der Waals surface area contributed by atoms with Gasteiger partial charge in [0.25, 0.3) is 0 Å². The lowest BCUT2D eigenvalue weighted by Gasteiger charge is -2.04. The summed E-state index contributed by atoms with van der Waals surface area (Å²) in [6, 6.07) is 0. The molecule has 0 unspecified atom stereocenters. The molecule has 4 nitrogen and oxygen atoms in total. The molecule has 0 radical (unpaired) electrons. The fraction of sp³-hybridized carbons (Fsp3) is 0.250. The molecule has 7 heteroatoms. The van der Waals surface area contributed by atoms with Crippen LogP contribution in [0.5, 0.6) is 0 Å². The van der Waals surface area contributed by atoms with Crippen LogP contribution in [-0.2, 0) is 12.6 Å².